The first-order valence-corrected chi connectivity index (χ1v) is 17.4. The largest absolute Gasteiger partial charge is 0.504 e. The summed E-state index contributed by atoms with van der Waals surface area (Å²) in [7, 11) is 1.52. The summed E-state index contributed by atoms with van der Waals surface area (Å²) in [5.41, 5.74) is 3.09. The summed E-state index contributed by atoms with van der Waals surface area (Å²) < 4.78 is 11.1. The van der Waals surface area contributed by atoms with E-state index >= 15 is 0 Å². The number of carbonyl (C=O) groups is 1. The van der Waals surface area contributed by atoms with Gasteiger partial charge in [-0.2, -0.15) is 0 Å². The highest BCUT2D eigenvalue weighted by Gasteiger charge is 2.59. The predicted molar refractivity (Wildman–Crippen MR) is 176 cm³/mol. The van der Waals surface area contributed by atoms with Gasteiger partial charge in [-0.15, -0.1) is 0 Å². The molecule has 0 bridgehead atoms. The van der Waals surface area contributed by atoms with Crippen LogP contribution in [0.3, 0.4) is 0 Å². The van der Waals surface area contributed by atoms with Gasteiger partial charge in [0.25, 0.3) is 0 Å². The quantitative estimate of drug-likeness (QED) is 0.167. The Morgan fingerprint density at radius 2 is 1.86 bits per heavy atom. The molecule has 9 atom stereocenters. The summed E-state index contributed by atoms with van der Waals surface area (Å²) in [4.78, 5) is 12.7. The SMILES string of the molecule is CC[C@H](CCC(C)[C@H]1CCC2C3CC=C4C[C@@H](OC(=O)/C=C/c5ccc(O)c(OC)c5)CC[C@]4(C)C3CC[C@@]21C)C(C)C. The normalized spacial score (nSPS) is 35.1. The molecule has 0 spiro atoms. The van der Waals surface area contributed by atoms with Gasteiger partial charge in [0.15, 0.2) is 11.5 Å². The zero-order valence-corrected chi connectivity index (χ0v) is 28.0. The number of allylic oxidation sites excluding steroid dienone is 1. The molecule has 3 saturated carbocycles. The molecule has 1 aromatic carbocycles. The average Bonchev–Trinajstić information content (AvgIpc) is 3.34. The number of methoxy groups -OCH3 is 1. The first-order chi connectivity index (χ1) is 20.5. The van der Waals surface area contributed by atoms with Crippen molar-refractivity contribution in [1.82, 2.24) is 0 Å². The number of phenolic OH excluding ortho intramolecular Hbond substituents is 1. The number of hydrogen-bond donors (Lipinski definition) is 1. The predicted octanol–water partition coefficient (Wildman–Crippen LogP) is 10.0. The average molecular weight is 591 g/mol. The molecular formula is C39H58O4. The van der Waals surface area contributed by atoms with Crippen molar-refractivity contribution in [2.45, 2.75) is 118 Å². The van der Waals surface area contributed by atoms with Gasteiger partial charge in [0.2, 0.25) is 0 Å². The van der Waals surface area contributed by atoms with E-state index in [4.69, 9.17) is 9.47 Å². The summed E-state index contributed by atoms with van der Waals surface area (Å²) >= 11 is 0. The molecule has 5 rings (SSSR count). The smallest absolute Gasteiger partial charge is 0.331 e. The van der Waals surface area contributed by atoms with Crippen molar-refractivity contribution in [3.8, 4) is 11.5 Å². The Balaban J connectivity index is 1.20. The molecule has 4 aliphatic rings. The third kappa shape index (κ3) is 6.32. The Labute approximate surface area is 261 Å². The number of aromatic hydroxyl groups is 1. The maximum atomic E-state index is 12.7. The van der Waals surface area contributed by atoms with Crippen LogP contribution in [0.15, 0.2) is 35.9 Å². The van der Waals surface area contributed by atoms with Crippen molar-refractivity contribution >= 4 is 12.0 Å². The van der Waals surface area contributed by atoms with Crippen LogP contribution in [0.4, 0.5) is 0 Å². The number of esters is 1. The van der Waals surface area contributed by atoms with Crippen molar-refractivity contribution in [3.63, 3.8) is 0 Å². The molecule has 43 heavy (non-hydrogen) atoms. The Kier molecular flexibility index (Phi) is 9.74. The second-order valence-corrected chi connectivity index (χ2v) is 15.5. The lowest BCUT2D eigenvalue weighted by Gasteiger charge is -2.58. The van der Waals surface area contributed by atoms with E-state index in [1.165, 1.54) is 64.6 Å². The Morgan fingerprint density at radius 3 is 2.58 bits per heavy atom. The second-order valence-electron chi connectivity index (χ2n) is 15.5. The molecule has 0 heterocycles. The number of fused-ring (bicyclic) bond motifs is 5. The second kappa shape index (κ2) is 13.0. The van der Waals surface area contributed by atoms with Crippen LogP contribution in [-0.4, -0.2) is 24.3 Å². The fourth-order valence-corrected chi connectivity index (χ4v) is 10.6. The Hall–Kier alpha value is -2.23. The molecule has 0 amide bonds. The van der Waals surface area contributed by atoms with Gasteiger partial charge in [-0.05, 0) is 127 Å². The van der Waals surface area contributed by atoms with Crippen LogP contribution in [0, 0.1) is 52.3 Å². The number of phenols is 1. The minimum absolute atomic E-state index is 0.0502. The lowest BCUT2D eigenvalue weighted by molar-refractivity contribution is -0.145. The van der Waals surface area contributed by atoms with Gasteiger partial charge >= 0.3 is 5.97 Å². The topological polar surface area (TPSA) is 55.8 Å². The van der Waals surface area contributed by atoms with Gasteiger partial charge in [0.1, 0.15) is 6.10 Å². The maximum Gasteiger partial charge on any atom is 0.331 e. The third-order valence-electron chi connectivity index (χ3n) is 13.2. The van der Waals surface area contributed by atoms with E-state index in [0.29, 0.717) is 11.2 Å². The first-order valence-electron chi connectivity index (χ1n) is 17.4. The molecule has 3 fully saturated rings. The van der Waals surface area contributed by atoms with Crippen LogP contribution in [0.25, 0.3) is 6.08 Å². The van der Waals surface area contributed by atoms with E-state index in [-0.39, 0.29) is 23.2 Å². The van der Waals surface area contributed by atoms with E-state index in [1.807, 2.05) is 0 Å². The summed E-state index contributed by atoms with van der Waals surface area (Å²) in [6.07, 6.45) is 19.6. The van der Waals surface area contributed by atoms with Crippen LogP contribution >= 0.6 is 0 Å². The molecule has 0 saturated heterocycles. The lowest BCUT2D eigenvalue weighted by Crippen LogP contribution is -2.51. The zero-order chi connectivity index (χ0) is 30.9. The van der Waals surface area contributed by atoms with Gasteiger partial charge in [-0.3, -0.25) is 0 Å². The molecule has 0 aromatic heterocycles. The lowest BCUT2D eigenvalue weighted by atomic mass is 9.47. The highest BCUT2D eigenvalue weighted by atomic mass is 16.5. The maximum absolute atomic E-state index is 12.7. The highest BCUT2D eigenvalue weighted by Crippen LogP contribution is 2.67. The van der Waals surface area contributed by atoms with Crippen LogP contribution < -0.4 is 4.74 Å². The number of hydrogen-bond acceptors (Lipinski definition) is 4. The van der Waals surface area contributed by atoms with Crippen molar-refractivity contribution < 1.29 is 19.4 Å². The van der Waals surface area contributed by atoms with E-state index in [9.17, 15) is 9.90 Å². The zero-order valence-electron chi connectivity index (χ0n) is 28.0. The van der Waals surface area contributed by atoms with E-state index in [0.717, 1.165) is 66.3 Å². The van der Waals surface area contributed by atoms with Crippen molar-refractivity contribution in [2.75, 3.05) is 7.11 Å². The van der Waals surface area contributed by atoms with E-state index < -0.39 is 0 Å². The Bertz CT molecular complexity index is 1200. The van der Waals surface area contributed by atoms with Crippen LogP contribution in [0.2, 0.25) is 0 Å². The van der Waals surface area contributed by atoms with Crippen molar-refractivity contribution in [2.24, 2.45) is 52.3 Å². The van der Waals surface area contributed by atoms with Crippen LogP contribution in [0.1, 0.15) is 118 Å². The van der Waals surface area contributed by atoms with Crippen LogP contribution in [0.5, 0.6) is 11.5 Å². The molecule has 4 heteroatoms. The molecule has 0 aliphatic heterocycles. The minimum atomic E-state index is -0.298. The minimum Gasteiger partial charge on any atom is -0.504 e. The van der Waals surface area contributed by atoms with Gasteiger partial charge in [0, 0.05) is 12.5 Å². The van der Waals surface area contributed by atoms with Gasteiger partial charge in [-0.25, -0.2) is 4.79 Å². The fraction of sp³-hybridized carbons (Fsp3) is 0.718. The number of rotatable bonds is 10. The summed E-state index contributed by atoms with van der Waals surface area (Å²) in [6, 6.07) is 5.05. The standard InChI is InChI=1S/C39H58O4/c1-8-28(25(2)3)12-9-26(4)32-15-16-33-31-14-13-29-24-30(19-21-38(29,5)34(31)20-22-39(32,33)6)43-37(41)18-11-27-10-17-35(40)36(23-27)42-7/h10-11,13,17-18,23,25-26,28,30-34,40H,8-9,12,14-16,19-22,24H2,1-7H3/b18-11+/t26?,28-,30+,31?,32-,33?,34?,38+,39-/m1/s1. The highest BCUT2D eigenvalue weighted by molar-refractivity contribution is 5.87. The van der Waals surface area contributed by atoms with Gasteiger partial charge in [0.05, 0.1) is 7.11 Å². The van der Waals surface area contributed by atoms with Crippen molar-refractivity contribution in [3.05, 3.63) is 41.5 Å². The van der Waals surface area contributed by atoms with Gasteiger partial charge < -0.3 is 14.6 Å². The molecule has 0 radical (unpaired) electrons. The fourth-order valence-electron chi connectivity index (χ4n) is 10.6. The number of ether oxygens (including phenoxy) is 2. The Morgan fingerprint density at radius 1 is 1.07 bits per heavy atom. The molecule has 4 unspecified atom stereocenters. The molecular weight excluding hydrogens is 532 g/mol. The van der Waals surface area contributed by atoms with Crippen LogP contribution in [-0.2, 0) is 9.53 Å². The molecule has 4 aliphatic carbocycles. The summed E-state index contributed by atoms with van der Waals surface area (Å²) in [5, 5.41) is 9.82. The summed E-state index contributed by atoms with van der Waals surface area (Å²) in [5.74, 6) is 6.01. The number of carbonyl (C=O) groups excluding carboxylic acids is 1. The molecule has 1 N–H and O–H groups in total. The van der Waals surface area contributed by atoms with E-state index in [1.54, 1.807) is 29.8 Å². The number of benzene rings is 1. The monoisotopic (exact) mass is 590 g/mol. The summed E-state index contributed by atoms with van der Waals surface area (Å²) in [6.45, 7) is 15.0. The van der Waals surface area contributed by atoms with Gasteiger partial charge in [-0.1, -0.05) is 72.1 Å². The molecule has 238 valence electrons. The van der Waals surface area contributed by atoms with E-state index in [2.05, 4.69) is 47.6 Å². The molecule has 1 aromatic rings. The first kappa shape index (κ1) is 32.2. The van der Waals surface area contributed by atoms with Crippen molar-refractivity contribution in [1.29, 1.82) is 0 Å². The third-order valence-corrected chi connectivity index (χ3v) is 13.2. The molecule has 4 nitrogen and oxygen atoms in total.